The minimum Gasteiger partial charge on any atom is -0.478 e. The normalized spacial score (nSPS) is 10.2. The summed E-state index contributed by atoms with van der Waals surface area (Å²) in [4.78, 5) is 20.3. The molecule has 0 radical (unpaired) electrons. The zero-order valence-corrected chi connectivity index (χ0v) is 8.29. The molecule has 1 aromatic rings. The number of rotatable bonds is 4. The largest absolute Gasteiger partial charge is 0.478 e. The van der Waals surface area contributed by atoms with Crippen molar-refractivity contribution in [3.05, 3.63) is 52.1 Å². The van der Waals surface area contributed by atoms with Gasteiger partial charge in [-0.3, -0.25) is 10.1 Å². The van der Waals surface area contributed by atoms with Gasteiger partial charge in [-0.1, -0.05) is 12.7 Å². The van der Waals surface area contributed by atoms with Gasteiger partial charge in [-0.25, -0.2) is 4.79 Å². The molecular formula is C11H9NO4. The minimum absolute atomic E-state index is 0.0534. The summed E-state index contributed by atoms with van der Waals surface area (Å²) in [5.74, 6) is -1.08. The summed E-state index contributed by atoms with van der Waals surface area (Å²) in [7, 11) is 0. The van der Waals surface area contributed by atoms with Gasteiger partial charge in [0.05, 0.1) is 4.92 Å². The maximum Gasteiger partial charge on any atom is 0.328 e. The maximum atomic E-state index is 10.5. The molecule has 1 N–H and O–H groups in total. The molecule has 0 heterocycles. The average molecular weight is 219 g/mol. The molecule has 16 heavy (non-hydrogen) atoms. The van der Waals surface area contributed by atoms with Crippen LogP contribution in [-0.2, 0) is 4.79 Å². The Bertz CT molecular complexity index is 477. The van der Waals surface area contributed by atoms with Crippen molar-refractivity contribution in [2.24, 2.45) is 0 Å². The molecule has 5 heteroatoms. The number of benzene rings is 1. The summed E-state index contributed by atoms with van der Waals surface area (Å²) in [5.41, 5.74) is 1.04. The zero-order chi connectivity index (χ0) is 12.1. The molecule has 0 unspecified atom stereocenters. The van der Waals surface area contributed by atoms with E-state index in [1.165, 1.54) is 30.4 Å². The Morgan fingerprint density at radius 1 is 1.44 bits per heavy atom. The van der Waals surface area contributed by atoms with Gasteiger partial charge in [0.25, 0.3) is 5.69 Å². The Labute approximate surface area is 91.5 Å². The van der Waals surface area contributed by atoms with E-state index < -0.39 is 10.9 Å². The van der Waals surface area contributed by atoms with Crippen LogP contribution in [0.4, 0.5) is 5.69 Å². The van der Waals surface area contributed by atoms with E-state index >= 15 is 0 Å². The lowest BCUT2D eigenvalue weighted by Gasteiger charge is -2.00. The van der Waals surface area contributed by atoms with E-state index in [9.17, 15) is 14.9 Å². The third-order valence-corrected chi connectivity index (χ3v) is 1.91. The first-order valence-electron chi connectivity index (χ1n) is 4.36. The molecule has 0 bridgehead atoms. The van der Waals surface area contributed by atoms with Crippen molar-refractivity contribution in [2.75, 3.05) is 0 Å². The van der Waals surface area contributed by atoms with Crippen LogP contribution >= 0.6 is 0 Å². The summed E-state index contributed by atoms with van der Waals surface area (Å²) in [6, 6.07) is 4.14. The monoisotopic (exact) mass is 219 g/mol. The van der Waals surface area contributed by atoms with Gasteiger partial charge < -0.3 is 5.11 Å². The summed E-state index contributed by atoms with van der Waals surface area (Å²) >= 11 is 0. The highest BCUT2D eigenvalue weighted by Gasteiger charge is 2.07. The molecule has 0 saturated carbocycles. The minimum atomic E-state index is -1.08. The molecule has 1 rings (SSSR count). The van der Waals surface area contributed by atoms with Gasteiger partial charge in [0.2, 0.25) is 0 Å². The number of non-ortho nitro benzene ring substituents is 1. The summed E-state index contributed by atoms with van der Waals surface area (Å²) in [6.45, 7) is 3.52. The van der Waals surface area contributed by atoms with Crippen molar-refractivity contribution in [3.63, 3.8) is 0 Å². The Morgan fingerprint density at radius 3 is 2.62 bits per heavy atom. The predicted octanol–water partition coefficient (Wildman–Crippen LogP) is 2.34. The van der Waals surface area contributed by atoms with Crippen LogP contribution in [0.3, 0.4) is 0 Å². The number of nitro groups is 1. The predicted molar refractivity (Wildman–Crippen MR) is 59.9 cm³/mol. The van der Waals surface area contributed by atoms with Crippen molar-refractivity contribution in [3.8, 4) is 0 Å². The van der Waals surface area contributed by atoms with E-state index in [4.69, 9.17) is 5.11 Å². The number of hydrogen-bond acceptors (Lipinski definition) is 3. The standard InChI is InChI=1S/C11H9NO4/c1-2-8-7-10(12(15)16)5-3-9(8)4-6-11(13)14/h2-7H,1H2,(H,13,14)/b6-4+. The fourth-order valence-corrected chi connectivity index (χ4v) is 1.17. The van der Waals surface area contributed by atoms with Gasteiger partial charge in [0.15, 0.2) is 0 Å². The highest BCUT2D eigenvalue weighted by Crippen LogP contribution is 2.19. The highest BCUT2D eigenvalue weighted by atomic mass is 16.6. The van der Waals surface area contributed by atoms with Crippen LogP contribution in [0.2, 0.25) is 0 Å². The van der Waals surface area contributed by atoms with E-state index in [0.29, 0.717) is 11.1 Å². The van der Waals surface area contributed by atoms with E-state index in [1.807, 2.05) is 0 Å². The number of carbonyl (C=O) groups is 1. The number of nitro benzene ring substituents is 1. The molecule has 1 aromatic carbocycles. The Kier molecular flexibility index (Phi) is 3.55. The molecule has 0 aliphatic carbocycles. The van der Waals surface area contributed by atoms with Crippen molar-refractivity contribution in [1.82, 2.24) is 0 Å². The molecule has 5 nitrogen and oxygen atoms in total. The zero-order valence-electron chi connectivity index (χ0n) is 8.29. The van der Waals surface area contributed by atoms with E-state index in [1.54, 1.807) is 0 Å². The second-order valence-electron chi connectivity index (χ2n) is 2.95. The molecule has 0 atom stereocenters. The fourth-order valence-electron chi connectivity index (χ4n) is 1.17. The molecule has 0 aliphatic heterocycles. The van der Waals surface area contributed by atoms with Gasteiger partial charge in [-0.05, 0) is 23.3 Å². The smallest absolute Gasteiger partial charge is 0.328 e. The van der Waals surface area contributed by atoms with E-state index in [2.05, 4.69) is 6.58 Å². The van der Waals surface area contributed by atoms with Crippen molar-refractivity contribution < 1.29 is 14.8 Å². The fraction of sp³-hybridized carbons (Fsp3) is 0. The van der Waals surface area contributed by atoms with Crippen LogP contribution < -0.4 is 0 Å². The number of carboxylic acids is 1. The Balaban J connectivity index is 3.16. The summed E-state index contributed by atoms with van der Waals surface area (Å²) in [5, 5.41) is 19.0. The average Bonchev–Trinajstić information content (AvgIpc) is 2.25. The van der Waals surface area contributed by atoms with E-state index in [0.717, 1.165) is 6.08 Å². The van der Waals surface area contributed by atoms with E-state index in [-0.39, 0.29) is 5.69 Å². The van der Waals surface area contributed by atoms with Crippen LogP contribution in [0.15, 0.2) is 30.9 Å². The second-order valence-corrected chi connectivity index (χ2v) is 2.95. The van der Waals surface area contributed by atoms with Crippen LogP contribution in [0.1, 0.15) is 11.1 Å². The molecule has 0 spiro atoms. The molecule has 82 valence electrons. The van der Waals surface area contributed by atoms with Gasteiger partial charge in [-0.15, -0.1) is 0 Å². The van der Waals surface area contributed by atoms with Crippen LogP contribution in [0.5, 0.6) is 0 Å². The lowest BCUT2D eigenvalue weighted by atomic mass is 10.1. The van der Waals surface area contributed by atoms with Gasteiger partial charge in [-0.2, -0.15) is 0 Å². The quantitative estimate of drug-likeness (QED) is 0.478. The molecule has 0 amide bonds. The lowest BCUT2D eigenvalue weighted by Crippen LogP contribution is -1.91. The first-order valence-corrected chi connectivity index (χ1v) is 4.36. The first kappa shape index (κ1) is 11.6. The number of carboxylic acid groups (broad SMARTS) is 1. The third kappa shape index (κ3) is 2.78. The maximum absolute atomic E-state index is 10.5. The topological polar surface area (TPSA) is 80.4 Å². The van der Waals surface area contributed by atoms with Crippen molar-refractivity contribution in [2.45, 2.75) is 0 Å². The molecule has 0 fully saturated rings. The lowest BCUT2D eigenvalue weighted by molar-refractivity contribution is -0.384. The Morgan fingerprint density at radius 2 is 2.12 bits per heavy atom. The number of hydrogen-bond donors (Lipinski definition) is 1. The van der Waals surface area contributed by atoms with Crippen LogP contribution in [-0.4, -0.2) is 16.0 Å². The second kappa shape index (κ2) is 4.88. The molecular weight excluding hydrogens is 210 g/mol. The van der Waals surface area contributed by atoms with Crippen LogP contribution in [0, 0.1) is 10.1 Å². The molecule has 0 saturated heterocycles. The van der Waals surface area contributed by atoms with Crippen LogP contribution in [0.25, 0.3) is 12.2 Å². The number of nitrogens with zero attached hydrogens (tertiary/aromatic N) is 1. The summed E-state index contributed by atoms with van der Waals surface area (Å²) in [6.07, 6.45) is 3.77. The SMILES string of the molecule is C=Cc1cc([N+](=O)[O-])ccc1/C=C/C(=O)O. The van der Waals surface area contributed by atoms with Gasteiger partial charge in [0.1, 0.15) is 0 Å². The summed E-state index contributed by atoms with van der Waals surface area (Å²) < 4.78 is 0. The highest BCUT2D eigenvalue weighted by molar-refractivity contribution is 5.86. The van der Waals surface area contributed by atoms with Gasteiger partial charge in [0, 0.05) is 18.2 Å². The molecule has 0 aliphatic rings. The first-order chi connectivity index (χ1) is 7.54. The Hall–Kier alpha value is -2.43. The molecule has 0 aromatic heterocycles. The van der Waals surface area contributed by atoms with Crippen molar-refractivity contribution >= 4 is 23.8 Å². The third-order valence-electron chi connectivity index (χ3n) is 1.91. The van der Waals surface area contributed by atoms with Crippen molar-refractivity contribution in [1.29, 1.82) is 0 Å². The number of aliphatic carboxylic acids is 1. The van der Waals surface area contributed by atoms with Gasteiger partial charge >= 0.3 is 5.97 Å².